The average Bonchev–Trinajstić information content (AvgIpc) is 3.00. The van der Waals surface area contributed by atoms with Gasteiger partial charge in [-0.2, -0.15) is 0 Å². The zero-order valence-corrected chi connectivity index (χ0v) is 17.9. The van der Waals surface area contributed by atoms with Gasteiger partial charge in [0.25, 0.3) is 0 Å². The van der Waals surface area contributed by atoms with Crippen LogP contribution in [0.2, 0.25) is 0 Å². The molecule has 4 aliphatic rings. The normalized spacial score (nSPS) is 48.8. The maximum absolute atomic E-state index is 11.1. The molecule has 0 spiro atoms. The third kappa shape index (κ3) is 3.16. The van der Waals surface area contributed by atoms with Crippen molar-refractivity contribution < 1.29 is 15.0 Å². The summed E-state index contributed by atoms with van der Waals surface area (Å²) in [7, 11) is 0. The van der Waals surface area contributed by atoms with Crippen LogP contribution in [-0.4, -0.2) is 22.3 Å². The van der Waals surface area contributed by atoms with E-state index in [0.717, 1.165) is 42.9 Å². The quantitative estimate of drug-likeness (QED) is 0.596. The molecule has 0 aromatic heterocycles. The van der Waals surface area contributed by atoms with Gasteiger partial charge in [-0.25, -0.2) is 0 Å². The maximum Gasteiger partial charge on any atom is 0.303 e. The van der Waals surface area contributed by atoms with E-state index in [4.69, 9.17) is 5.11 Å². The molecule has 0 radical (unpaired) electrons. The summed E-state index contributed by atoms with van der Waals surface area (Å²) in [5.74, 6) is 3.46. The number of rotatable bonds is 5. The minimum absolute atomic E-state index is 0.0677. The summed E-state index contributed by atoms with van der Waals surface area (Å²) in [6.45, 7) is 9.17. The maximum atomic E-state index is 11.1. The number of carboxylic acid groups (broad SMARTS) is 1. The van der Waals surface area contributed by atoms with E-state index in [9.17, 15) is 9.90 Å². The van der Waals surface area contributed by atoms with Gasteiger partial charge in [-0.3, -0.25) is 4.79 Å². The fourth-order valence-electron chi connectivity index (χ4n) is 8.75. The van der Waals surface area contributed by atoms with Crippen molar-refractivity contribution in [2.24, 2.45) is 46.3 Å². The van der Waals surface area contributed by atoms with Crippen molar-refractivity contribution in [3.63, 3.8) is 0 Å². The van der Waals surface area contributed by atoms with Crippen LogP contribution in [0.1, 0.15) is 84.5 Å². The summed E-state index contributed by atoms with van der Waals surface area (Å²) >= 11 is 0. The summed E-state index contributed by atoms with van der Waals surface area (Å²) in [5.41, 5.74) is 0.790. The minimum Gasteiger partial charge on any atom is -0.481 e. The molecular weight excluding hydrogens is 348 g/mol. The molecule has 4 rings (SSSR count). The Morgan fingerprint density at radius 1 is 1.07 bits per heavy atom. The predicted octanol–water partition coefficient (Wildman–Crippen LogP) is 5.67. The first-order chi connectivity index (χ1) is 13.3. The van der Waals surface area contributed by atoms with Gasteiger partial charge in [-0.15, -0.1) is 6.58 Å². The molecule has 0 aliphatic heterocycles. The van der Waals surface area contributed by atoms with Crippen LogP contribution in [0.4, 0.5) is 0 Å². The first-order valence-electron chi connectivity index (χ1n) is 11.8. The van der Waals surface area contributed by atoms with E-state index in [0.29, 0.717) is 22.7 Å². The number of hydrogen-bond donors (Lipinski definition) is 2. The van der Waals surface area contributed by atoms with Crippen molar-refractivity contribution in [3.8, 4) is 0 Å². The lowest BCUT2D eigenvalue weighted by atomic mass is 9.44. The second-order valence-corrected chi connectivity index (χ2v) is 11.1. The highest BCUT2D eigenvalue weighted by atomic mass is 16.4. The smallest absolute Gasteiger partial charge is 0.303 e. The van der Waals surface area contributed by atoms with Gasteiger partial charge in [0.05, 0.1) is 6.10 Å². The third-order valence-electron chi connectivity index (χ3n) is 10.2. The number of carbonyl (C=O) groups is 1. The number of aliphatic hydroxyl groups excluding tert-OH is 1. The van der Waals surface area contributed by atoms with Crippen molar-refractivity contribution in [1.29, 1.82) is 0 Å². The topological polar surface area (TPSA) is 57.5 Å². The van der Waals surface area contributed by atoms with Gasteiger partial charge >= 0.3 is 5.97 Å². The molecule has 9 atom stereocenters. The second-order valence-electron chi connectivity index (χ2n) is 11.1. The van der Waals surface area contributed by atoms with E-state index in [1.54, 1.807) is 0 Å². The largest absolute Gasteiger partial charge is 0.481 e. The fraction of sp³-hybridized carbons (Fsp3) is 0.880. The van der Waals surface area contributed by atoms with E-state index in [1.165, 1.54) is 44.9 Å². The van der Waals surface area contributed by atoms with Crippen LogP contribution in [0.3, 0.4) is 0 Å². The Balaban J connectivity index is 1.53. The molecule has 3 nitrogen and oxygen atoms in total. The molecule has 0 aromatic rings. The molecule has 4 aliphatic carbocycles. The van der Waals surface area contributed by atoms with Crippen molar-refractivity contribution in [2.75, 3.05) is 0 Å². The molecule has 0 bridgehead atoms. The number of aliphatic carboxylic acids is 1. The lowest BCUT2D eigenvalue weighted by Crippen LogP contribution is -2.54. The van der Waals surface area contributed by atoms with Gasteiger partial charge in [0.1, 0.15) is 0 Å². The molecule has 4 saturated carbocycles. The highest BCUT2D eigenvalue weighted by Crippen LogP contribution is 2.68. The SMILES string of the molecule is C=C[C@H](CCC(=O)O)C1CCC2C3CCC4C[C@H](O)CC[C@]4(C)C3CC[C@@]21C. The number of fused-ring (bicyclic) bond motifs is 5. The molecule has 2 N–H and O–H groups in total. The molecule has 3 heteroatoms. The number of hydrogen-bond acceptors (Lipinski definition) is 2. The predicted molar refractivity (Wildman–Crippen MR) is 112 cm³/mol. The zero-order valence-electron chi connectivity index (χ0n) is 17.9. The van der Waals surface area contributed by atoms with Gasteiger partial charge in [0.2, 0.25) is 0 Å². The van der Waals surface area contributed by atoms with E-state index < -0.39 is 5.97 Å². The van der Waals surface area contributed by atoms with Crippen LogP contribution in [0.15, 0.2) is 12.7 Å². The lowest BCUT2D eigenvalue weighted by molar-refractivity contribution is -0.138. The standard InChI is InChI=1S/C25H40O3/c1-4-16(5-10-23(27)28)20-8-9-21-19-7-6-17-15-18(26)11-13-24(17,2)22(19)12-14-25(20,21)3/h4,16-22,26H,1,5-15H2,2-3H3,(H,27,28)/t16-,17?,18-,19?,20?,21?,22?,24+,25-/m1/s1. The van der Waals surface area contributed by atoms with Crippen LogP contribution >= 0.6 is 0 Å². The Bertz CT molecular complexity index is 615. The first kappa shape index (κ1) is 20.4. The van der Waals surface area contributed by atoms with Gasteiger partial charge in [-0.1, -0.05) is 19.9 Å². The van der Waals surface area contributed by atoms with Crippen LogP contribution in [0.5, 0.6) is 0 Å². The first-order valence-corrected chi connectivity index (χ1v) is 11.8. The molecular formula is C25H40O3. The van der Waals surface area contributed by atoms with E-state index in [-0.39, 0.29) is 12.5 Å². The fourth-order valence-corrected chi connectivity index (χ4v) is 8.75. The summed E-state index contributed by atoms with van der Waals surface area (Å²) in [4.78, 5) is 11.1. The van der Waals surface area contributed by atoms with Crippen molar-refractivity contribution in [3.05, 3.63) is 12.7 Å². The highest BCUT2D eigenvalue weighted by molar-refractivity contribution is 5.66. The Morgan fingerprint density at radius 2 is 1.79 bits per heavy atom. The summed E-state index contributed by atoms with van der Waals surface area (Å²) in [6, 6.07) is 0. The molecule has 0 heterocycles. The molecule has 0 saturated heterocycles. The number of allylic oxidation sites excluding steroid dienone is 1. The Hall–Kier alpha value is -0.830. The Labute approximate surface area is 171 Å². The van der Waals surface area contributed by atoms with E-state index >= 15 is 0 Å². The van der Waals surface area contributed by atoms with Crippen molar-refractivity contribution >= 4 is 5.97 Å². The minimum atomic E-state index is -0.680. The van der Waals surface area contributed by atoms with Crippen LogP contribution in [-0.2, 0) is 4.79 Å². The van der Waals surface area contributed by atoms with Crippen LogP contribution < -0.4 is 0 Å². The molecule has 0 amide bonds. The monoisotopic (exact) mass is 388 g/mol. The lowest BCUT2D eigenvalue weighted by Gasteiger charge is -2.61. The molecule has 28 heavy (non-hydrogen) atoms. The molecule has 0 aromatic carbocycles. The van der Waals surface area contributed by atoms with Crippen LogP contribution in [0, 0.1) is 46.3 Å². The Morgan fingerprint density at radius 3 is 2.50 bits per heavy atom. The van der Waals surface area contributed by atoms with Gasteiger partial charge in [0, 0.05) is 6.42 Å². The Kier molecular flexibility index (Phi) is 5.44. The summed E-state index contributed by atoms with van der Waals surface area (Å²) < 4.78 is 0. The summed E-state index contributed by atoms with van der Waals surface area (Å²) in [5, 5.41) is 19.4. The number of carboxylic acids is 1. The van der Waals surface area contributed by atoms with Gasteiger partial charge < -0.3 is 10.2 Å². The third-order valence-corrected chi connectivity index (χ3v) is 10.2. The second kappa shape index (κ2) is 7.45. The van der Waals surface area contributed by atoms with Gasteiger partial charge in [-0.05, 0) is 111 Å². The zero-order chi connectivity index (χ0) is 20.1. The van der Waals surface area contributed by atoms with Gasteiger partial charge in [0.15, 0.2) is 0 Å². The highest BCUT2D eigenvalue weighted by Gasteiger charge is 2.60. The summed E-state index contributed by atoms with van der Waals surface area (Å²) in [6.07, 6.45) is 14.1. The van der Waals surface area contributed by atoms with E-state index in [2.05, 4.69) is 26.5 Å². The average molecular weight is 389 g/mol. The van der Waals surface area contributed by atoms with Crippen molar-refractivity contribution in [2.45, 2.75) is 90.6 Å². The van der Waals surface area contributed by atoms with E-state index in [1.807, 2.05) is 0 Å². The van der Waals surface area contributed by atoms with Crippen molar-refractivity contribution in [1.82, 2.24) is 0 Å². The van der Waals surface area contributed by atoms with Crippen LogP contribution in [0.25, 0.3) is 0 Å². The molecule has 5 unspecified atom stereocenters. The number of aliphatic hydroxyl groups is 1. The molecule has 158 valence electrons. The molecule has 4 fully saturated rings.